The highest BCUT2D eigenvalue weighted by Crippen LogP contribution is 2.11. The maximum atomic E-state index is 11.7. The van der Waals surface area contributed by atoms with Crippen LogP contribution in [0.1, 0.15) is 45.4 Å². The Morgan fingerprint density at radius 3 is 2.94 bits per heavy atom. The fraction of sp³-hybridized carbons (Fsp3) is 0.786. The van der Waals surface area contributed by atoms with Gasteiger partial charge in [-0.2, -0.15) is 0 Å². The number of urea groups is 1. The average Bonchev–Trinajstić information content (AvgIpc) is 2.38. The van der Waals surface area contributed by atoms with Gasteiger partial charge in [-0.3, -0.25) is 0 Å². The lowest BCUT2D eigenvalue weighted by atomic mass is 10.0. The summed E-state index contributed by atoms with van der Waals surface area (Å²) in [5.74, 6) is 0.382. The van der Waals surface area contributed by atoms with E-state index in [0.717, 1.165) is 38.5 Å². The van der Waals surface area contributed by atoms with Gasteiger partial charge in [0.2, 0.25) is 0 Å². The molecule has 1 aliphatic rings. The number of nitrogens with one attached hydrogen (secondary N) is 2. The maximum Gasteiger partial charge on any atom is 0.315 e. The van der Waals surface area contributed by atoms with E-state index >= 15 is 0 Å². The lowest BCUT2D eigenvalue weighted by Crippen LogP contribution is -2.43. The van der Waals surface area contributed by atoms with Crippen molar-refractivity contribution >= 4 is 6.03 Å². The third-order valence-electron chi connectivity index (χ3n) is 3.36. The van der Waals surface area contributed by atoms with Crippen LogP contribution in [-0.2, 0) is 0 Å². The predicted molar refractivity (Wildman–Crippen MR) is 73.4 cm³/mol. The lowest BCUT2D eigenvalue weighted by molar-refractivity contribution is 0.227. The molecule has 0 radical (unpaired) electrons. The zero-order valence-electron chi connectivity index (χ0n) is 11.3. The highest BCUT2D eigenvalue weighted by atomic mass is 16.3. The van der Waals surface area contributed by atoms with Crippen LogP contribution >= 0.6 is 0 Å². The molecule has 0 aromatic carbocycles. The van der Waals surface area contributed by atoms with Gasteiger partial charge in [-0.25, -0.2) is 4.79 Å². The second-order valence-electron chi connectivity index (χ2n) is 4.99. The van der Waals surface area contributed by atoms with E-state index in [0.29, 0.717) is 12.5 Å². The molecule has 18 heavy (non-hydrogen) atoms. The molecule has 4 nitrogen and oxygen atoms in total. The van der Waals surface area contributed by atoms with E-state index in [1.54, 1.807) is 0 Å². The topological polar surface area (TPSA) is 61.4 Å². The lowest BCUT2D eigenvalue weighted by Gasteiger charge is -2.20. The molecule has 0 heterocycles. The molecule has 4 heteroatoms. The van der Waals surface area contributed by atoms with E-state index < -0.39 is 0 Å². The first kappa shape index (κ1) is 15.0. The first-order chi connectivity index (χ1) is 8.76. The van der Waals surface area contributed by atoms with Gasteiger partial charge < -0.3 is 15.7 Å². The van der Waals surface area contributed by atoms with E-state index in [9.17, 15) is 4.79 Å². The Balaban J connectivity index is 2.21. The van der Waals surface area contributed by atoms with Crippen molar-refractivity contribution in [2.75, 3.05) is 13.2 Å². The first-order valence-electron chi connectivity index (χ1n) is 7.08. The van der Waals surface area contributed by atoms with E-state index in [-0.39, 0.29) is 18.7 Å². The van der Waals surface area contributed by atoms with Crippen LogP contribution in [0.5, 0.6) is 0 Å². The summed E-state index contributed by atoms with van der Waals surface area (Å²) in [4.78, 5) is 11.7. The maximum absolute atomic E-state index is 11.7. The van der Waals surface area contributed by atoms with Crippen molar-refractivity contribution in [2.45, 2.75) is 51.5 Å². The summed E-state index contributed by atoms with van der Waals surface area (Å²) in [6, 6.07) is 0.0896. The number of aliphatic hydroxyl groups excluding tert-OH is 1. The number of allylic oxidation sites excluding steroid dienone is 1. The Labute approximate surface area is 110 Å². The van der Waals surface area contributed by atoms with Gasteiger partial charge in [0, 0.05) is 19.2 Å². The average molecular weight is 254 g/mol. The molecule has 0 fully saturated rings. The van der Waals surface area contributed by atoms with Crippen molar-refractivity contribution in [1.82, 2.24) is 10.6 Å². The third kappa shape index (κ3) is 6.05. The third-order valence-corrected chi connectivity index (χ3v) is 3.36. The molecule has 0 saturated carbocycles. The Kier molecular flexibility index (Phi) is 7.49. The number of carbonyl (C=O) groups is 1. The minimum absolute atomic E-state index is 0.0920. The molecule has 0 aromatic rings. The van der Waals surface area contributed by atoms with E-state index in [4.69, 9.17) is 5.11 Å². The number of aliphatic hydroxyl groups is 1. The van der Waals surface area contributed by atoms with Gasteiger partial charge in [-0.1, -0.05) is 25.5 Å². The number of carbonyl (C=O) groups excluding carboxylic acids is 1. The van der Waals surface area contributed by atoms with Gasteiger partial charge in [0.1, 0.15) is 0 Å². The minimum Gasteiger partial charge on any atom is -0.396 e. The molecule has 2 unspecified atom stereocenters. The summed E-state index contributed by atoms with van der Waals surface area (Å²) in [5.41, 5.74) is 0. The molecule has 0 aromatic heterocycles. The van der Waals surface area contributed by atoms with Crippen molar-refractivity contribution in [3.63, 3.8) is 0 Å². The van der Waals surface area contributed by atoms with E-state index in [1.807, 2.05) is 0 Å². The zero-order valence-corrected chi connectivity index (χ0v) is 11.3. The highest BCUT2D eigenvalue weighted by molar-refractivity contribution is 5.74. The van der Waals surface area contributed by atoms with E-state index in [2.05, 4.69) is 29.7 Å². The normalized spacial score (nSPS) is 20.4. The van der Waals surface area contributed by atoms with Crippen LogP contribution in [0.4, 0.5) is 4.79 Å². The van der Waals surface area contributed by atoms with Gasteiger partial charge >= 0.3 is 6.03 Å². The molecule has 3 N–H and O–H groups in total. The summed E-state index contributed by atoms with van der Waals surface area (Å²) in [6.07, 6.45) is 10.4. The summed E-state index contributed by atoms with van der Waals surface area (Å²) < 4.78 is 0. The van der Waals surface area contributed by atoms with Gasteiger partial charge in [0.05, 0.1) is 0 Å². The van der Waals surface area contributed by atoms with Crippen LogP contribution in [0.2, 0.25) is 0 Å². The molecule has 1 aliphatic carbocycles. The van der Waals surface area contributed by atoms with Gasteiger partial charge in [-0.05, 0) is 38.0 Å². The summed E-state index contributed by atoms with van der Waals surface area (Å²) in [5, 5.41) is 14.8. The monoisotopic (exact) mass is 254 g/mol. The molecule has 2 atom stereocenters. The van der Waals surface area contributed by atoms with Crippen molar-refractivity contribution < 1.29 is 9.90 Å². The Morgan fingerprint density at radius 1 is 1.50 bits per heavy atom. The molecular weight excluding hydrogens is 228 g/mol. The molecule has 0 spiro atoms. The van der Waals surface area contributed by atoms with Crippen molar-refractivity contribution in [3.05, 3.63) is 12.2 Å². The highest BCUT2D eigenvalue weighted by Gasteiger charge is 2.13. The second kappa shape index (κ2) is 8.97. The number of rotatable bonds is 7. The van der Waals surface area contributed by atoms with Gasteiger partial charge in [0.15, 0.2) is 0 Å². The minimum atomic E-state index is -0.0920. The summed E-state index contributed by atoms with van der Waals surface area (Å²) in [6.45, 7) is 2.97. The number of hydrogen-bond acceptors (Lipinski definition) is 2. The van der Waals surface area contributed by atoms with Gasteiger partial charge in [0.25, 0.3) is 0 Å². The molecule has 0 saturated heterocycles. The molecule has 2 amide bonds. The molecule has 0 bridgehead atoms. The molecule has 0 aliphatic heterocycles. The van der Waals surface area contributed by atoms with Crippen molar-refractivity contribution in [1.29, 1.82) is 0 Å². The zero-order chi connectivity index (χ0) is 13.2. The standard InChI is InChI=1S/C14H26N2O2/c1-2-6-12(9-10-17)11-15-14(18)16-13-7-4-3-5-8-13/h4,7,12-13,17H,2-3,5-6,8-11H2,1H3,(H2,15,16,18). The van der Waals surface area contributed by atoms with Crippen LogP contribution in [0.3, 0.4) is 0 Å². The van der Waals surface area contributed by atoms with Crippen LogP contribution in [0.15, 0.2) is 12.2 Å². The van der Waals surface area contributed by atoms with Gasteiger partial charge in [-0.15, -0.1) is 0 Å². The number of amides is 2. The number of hydrogen-bond donors (Lipinski definition) is 3. The molecule has 104 valence electrons. The molecule has 1 rings (SSSR count). The Bertz CT molecular complexity index is 261. The summed E-state index contributed by atoms with van der Waals surface area (Å²) in [7, 11) is 0. The Hall–Kier alpha value is -1.03. The largest absolute Gasteiger partial charge is 0.396 e. The smallest absolute Gasteiger partial charge is 0.315 e. The summed E-state index contributed by atoms with van der Waals surface area (Å²) >= 11 is 0. The van der Waals surface area contributed by atoms with Crippen LogP contribution in [0, 0.1) is 5.92 Å². The van der Waals surface area contributed by atoms with E-state index in [1.165, 1.54) is 0 Å². The van der Waals surface area contributed by atoms with Crippen LogP contribution in [-0.4, -0.2) is 30.3 Å². The van der Waals surface area contributed by atoms with Crippen molar-refractivity contribution in [3.8, 4) is 0 Å². The Morgan fingerprint density at radius 2 is 2.33 bits per heavy atom. The second-order valence-corrected chi connectivity index (χ2v) is 4.99. The van der Waals surface area contributed by atoms with Crippen LogP contribution < -0.4 is 10.6 Å². The van der Waals surface area contributed by atoms with Crippen molar-refractivity contribution in [2.24, 2.45) is 5.92 Å². The first-order valence-corrected chi connectivity index (χ1v) is 7.08. The van der Waals surface area contributed by atoms with Crippen LogP contribution in [0.25, 0.3) is 0 Å². The predicted octanol–water partition coefficient (Wildman–Crippen LogP) is 2.19. The fourth-order valence-corrected chi connectivity index (χ4v) is 2.33. The quantitative estimate of drug-likeness (QED) is 0.610. The SMILES string of the molecule is CCCC(CCO)CNC(=O)NC1C=CCCC1. The fourth-order valence-electron chi connectivity index (χ4n) is 2.33. The molecular formula is C14H26N2O2.